The number of anilines is 1. The monoisotopic (exact) mass is 362 g/mol. The molecule has 1 aliphatic rings. The average Bonchev–Trinajstić information content (AvgIpc) is 2.61. The van der Waals surface area contributed by atoms with Gasteiger partial charge in [-0.2, -0.15) is 0 Å². The number of nitro groups is 1. The second-order valence-electron chi connectivity index (χ2n) is 5.34. The van der Waals surface area contributed by atoms with Gasteiger partial charge in [0.2, 0.25) is 5.91 Å². The first-order valence-corrected chi connectivity index (χ1v) is 7.40. The molecule has 0 saturated heterocycles. The van der Waals surface area contributed by atoms with E-state index < -0.39 is 22.5 Å². The second-order valence-corrected chi connectivity index (χ2v) is 5.34. The van der Waals surface area contributed by atoms with Crippen LogP contribution in [0.2, 0.25) is 0 Å². The maximum absolute atomic E-state index is 13.6. The van der Waals surface area contributed by atoms with Crippen LogP contribution in [0.15, 0.2) is 36.4 Å². The summed E-state index contributed by atoms with van der Waals surface area (Å²) in [6.07, 6.45) is 2.38. The minimum atomic E-state index is -0.917. The summed E-state index contributed by atoms with van der Waals surface area (Å²) in [5, 5.41) is 13.3. The third-order valence-corrected chi connectivity index (χ3v) is 3.54. The molecule has 2 aromatic carbocycles. The van der Waals surface area contributed by atoms with Gasteiger partial charge in [0.05, 0.1) is 17.2 Å². The lowest BCUT2D eigenvalue weighted by molar-refractivity contribution is -0.385. The number of rotatable bonds is 4. The number of ether oxygens (including phenoxy) is 2. The topological polar surface area (TPSA) is 90.7 Å². The lowest BCUT2D eigenvalue weighted by Gasteiger charge is -2.19. The van der Waals surface area contributed by atoms with Gasteiger partial charge in [-0.1, -0.05) is 0 Å². The van der Waals surface area contributed by atoms with Crippen LogP contribution in [0.25, 0.3) is 6.08 Å². The molecule has 0 atom stereocenters. The molecule has 0 aliphatic carbocycles. The van der Waals surface area contributed by atoms with E-state index in [1.807, 2.05) is 0 Å². The van der Waals surface area contributed by atoms with E-state index in [1.165, 1.54) is 18.2 Å². The van der Waals surface area contributed by atoms with Gasteiger partial charge in [-0.15, -0.1) is 0 Å². The quantitative estimate of drug-likeness (QED) is 0.511. The normalized spacial score (nSPS) is 13.2. The number of fused-ring (bicyclic) bond motifs is 1. The second kappa shape index (κ2) is 7.28. The van der Waals surface area contributed by atoms with Crippen LogP contribution in [0.3, 0.4) is 0 Å². The molecule has 0 saturated carbocycles. The summed E-state index contributed by atoms with van der Waals surface area (Å²) in [4.78, 5) is 22.4. The minimum absolute atomic E-state index is 0.0152. The van der Waals surface area contributed by atoms with Crippen molar-refractivity contribution < 1.29 is 28.0 Å². The molecule has 0 bridgehead atoms. The Balaban J connectivity index is 1.84. The highest BCUT2D eigenvalue weighted by Crippen LogP contribution is 2.33. The number of nitrogens with zero attached hydrogens (tertiary/aromatic N) is 1. The first-order chi connectivity index (χ1) is 12.4. The molecule has 9 heteroatoms. The Morgan fingerprint density at radius 2 is 2.08 bits per heavy atom. The Bertz CT molecular complexity index is 914. The fourth-order valence-electron chi connectivity index (χ4n) is 2.39. The summed E-state index contributed by atoms with van der Waals surface area (Å²) < 4.78 is 36.9. The van der Waals surface area contributed by atoms with Crippen molar-refractivity contribution >= 4 is 23.4 Å². The SMILES string of the molecule is O=C(C=Cc1cc([N+](=O)[O-])cc2c1OCOC2)Nc1ccc(F)cc1F. The fourth-order valence-corrected chi connectivity index (χ4v) is 2.39. The van der Waals surface area contributed by atoms with Gasteiger partial charge in [0.1, 0.15) is 17.4 Å². The van der Waals surface area contributed by atoms with Crippen LogP contribution in [0.5, 0.6) is 5.75 Å². The number of nitrogens with one attached hydrogen (secondary N) is 1. The van der Waals surface area contributed by atoms with Crippen LogP contribution >= 0.6 is 0 Å². The van der Waals surface area contributed by atoms with Crippen molar-refractivity contribution in [1.82, 2.24) is 0 Å². The molecule has 7 nitrogen and oxygen atoms in total. The molecule has 0 fully saturated rings. The standard InChI is InChI=1S/C17H12F2N2O5/c18-12-2-3-15(14(19)7-12)20-16(22)4-1-10-5-13(21(23)24)6-11-8-25-9-26-17(10)11/h1-7H,8-9H2,(H,20,22). The predicted molar refractivity (Wildman–Crippen MR) is 87.4 cm³/mol. The molecule has 1 heterocycles. The highest BCUT2D eigenvalue weighted by molar-refractivity contribution is 6.02. The largest absolute Gasteiger partial charge is 0.467 e. The molecule has 3 rings (SSSR count). The van der Waals surface area contributed by atoms with Gasteiger partial charge in [-0.25, -0.2) is 8.78 Å². The number of non-ortho nitro benzene ring substituents is 1. The van der Waals surface area contributed by atoms with E-state index in [0.29, 0.717) is 22.9 Å². The van der Waals surface area contributed by atoms with Crippen molar-refractivity contribution in [1.29, 1.82) is 0 Å². The summed E-state index contributed by atoms with van der Waals surface area (Å²) in [6.45, 7) is 0.128. The summed E-state index contributed by atoms with van der Waals surface area (Å²) in [5.41, 5.74) is 0.427. The maximum atomic E-state index is 13.6. The van der Waals surface area contributed by atoms with Crippen LogP contribution < -0.4 is 10.1 Å². The summed E-state index contributed by atoms with van der Waals surface area (Å²) in [7, 11) is 0. The van der Waals surface area contributed by atoms with Crippen LogP contribution in [-0.4, -0.2) is 17.6 Å². The van der Waals surface area contributed by atoms with Gasteiger partial charge in [-0.05, 0) is 18.2 Å². The van der Waals surface area contributed by atoms with Crippen molar-refractivity contribution in [2.24, 2.45) is 0 Å². The molecule has 1 amide bonds. The van der Waals surface area contributed by atoms with Gasteiger partial charge in [0.25, 0.3) is 5.69 Å². The Kier molecular flexibility index (Phi) is 4.90. The number of carbonyl (C=O) groups excluding carboxylic acids is 1. The zero-order valence-electron chi connectivity index (χ0n) is 13.2. The highest BCUT2D eigenvalue weighted by Gasteiger charge is 2.19. The number of hydrogen-bond donors (Lipinski definition) is 1. The molecule has 0 aromatic heterocycles. The van der Waals surface area contributed by atoms with Gasteiger partial charge in [-0.3, -0.25) is 14.9 Å². The van der Waals surface area contributed by atoms with E-state index in [2.05, 4.69) is 5.32 Å². The van der Waals surface area contributed by atoms with E-state index in [4.69, 9.17) is 9.47 Å². The van der Waals surface area contributed by atoms with Crippen molar-refractivity contribution in [3.63, 3.8) is 0 Å². The lowest BCUT2D eigenvalue weighted by Crippen LogP contribution is -2.13. The maximum Gasteiger partial charge on any atom is 0.270 e. The van der Waals surface area contributed by atoms with Crippen LogP contribution in [-0.2, 0) is 16.1 Å². The summed E-state index contributed by atoms with van der Waals surface area (Å²) >= 11 is 0. The van der Waals surface area contributed by atoms with Crippen LogP contribution in [0.1, 0.15) is 11.1 Å². The fraction of sp³-hybridized carbons (Fsp3) is 0.118. The van der Waals surface area contributed by atoms with E-state index in [9.17, 15) is 23.7 Å². The number of carbonyl (C=O) groups is 1. The Hall–Kier alpha value is -3.33. The van der Waals surface area contributed by atoms with E-state index >= 15 is 0 Å². The van der Waals surface area contributed by atoms with Gasteiger partial charge in [0.15, 0.2) is 6.79 Å². The zero-order chi connectivity index (χ0) is 18.7. The van der Waals surface area contributed by atoms with Gasteiger partial charge >= 0.3 is 0 Å². The predicted octanol–water partition coefficient (Wildman–Crippen LogP) is 3.39. The van der Waals surface area contributed by atoms with Gasteiger partial charge < -0.3 is 14.8 Å². The van der Waals surface area contributed by atoms with E-state index in [-0.39, 0.29) is 24.8 Å². The summed E-state index contributed by atoms with van der Waals surface area (Å²) in [5.74, 6) is -2.00. The van der Waals surface area contributed by atoms with Crippen molar-refractivity contribution in [3.8, 4) is 5.75 Å². The van der Waals surface area contributed by atoms with Gasteiger partial charge in [0, 0.05) is 35.4 Å². The van der Waals surface area contributed by atoms with Crippen molar-refractivity contribution in [2.45, 2.75) is 6.61 Å². The Labute approximate surface area is 146 Å². The summed E-state index contributed by atoms with van der Waals surface area (Å²) in [6, 6.07) is 5.33. The molecule has 1 aliphatic heterocycles. The lowest BCUT2D eigenvalue weighted by atomic mass is 10.1. The Morgan fingerprint density at radius 3 is 2.81 bits per heavy atom. The average molecular weight is 362 g/mol. The molecule has 0 unspecified atom stereocenters. The zero-order valence-corrected chi connectivity index (χ0v) is 13.2. The molecule has 0 spiro atoms. The molecular weight excluding hydrogens is 350 g/mol. The molecule has 134 valence electrons. The molecule has 1 N–H and O–H groups in total. The Morgan fingerprint density at radius 1 is 1.27 bits per heavy atom. The minimum Gasteiger partial charge on any atom is -0.467 e. The van der Waals surface area contributed by atoms with Crippen molar-refractivity contribution in [3.05, 3.63) is 69.3 Å². The van der Waals surface area contributed by atoms with Crippen LogP contribution in [0.4, 0.5) is 20.2 Å². The first-order valence-electron chi connectivity index (χ1n) is 7.40. The molecule has 26 heavy (non-hydrogen) atoms. The number of nitro benzene ring substituents is 1. The third kappa shape index (κ3) is 3.83. The third-order valence-electron chi connectivity index (χ3n) is 3.54. The number of hydrogen-bond acceptors (Lipinski definition) is 5. The highest BCUT2D eigenvalue weighted by atomic mass is 19.1. The molecule has 2 aromatic rings. The van der Waals surface area contributed by atoms with E-state index in [0.717, 1.165) is 18.2 Å². The van der Waals surface area contributed by atoms with E-state index in [1.54, 1.807) is 0 Å². The van der Waals surface area contributed by atoms with Crippen LogP contribution in [0, 0.1) is 21.7 Å². The van der Waals surface area contributed by atoms with Crippen molar-refractivity contribution in [2.75, 3.05) is 12.1 Å². The molecule has 0 radical (unpaired) electrons. The number of halogens is 2. The molecular formula is C17H12F2N2O5. The smallest absolute Gasteiger partial charge is 0.270 e. The number of benzene rings is 2. The first kappa shape index (κ1) is 17.5. The number of amides is 1.